The Balaban J connectivity index is 1.84. The summed E-state index contributed by atoms with van der Waals surface area (Å²) in [5.41, 5.74) is 7.12. The summed E-state index contributed by atoms with van der Waals surface area (Å²) in [6.07, 6.45) is 0. The number of nitrogens with two attached hydrogens (primary N) is 1. The van der Waals surface area contributed by atoms with Crippen LogP contribution in [0.5, 0.6) is 0 Å². The lowest BCUT2D eigenvalue weighted by atomic mass is 10.1. The number of carbonyl (C=O) groups is 1. The number of anilines is 2. The van der Waals surface area contributed by atoms with Crippen molar-refractivity contribution in [1.82, 2.24) is 10.2 Å². The van der Waals surface area contributed by atoms with Crippen LogP contribution in [0.2, 0.25) is 0 Å². The summed E-state index contributed by atoms with van der Waals surface area (Å²) in [6.45, 7) is 2.72. The first-order chi connectivity index (χ1) is 9.06. The number of carbonyl (C=O) groups excluding carboxylic acids is 1. The molecule has 2 aliphatic rings. The molecule has 2 saturated heterocycles. The van der Waals surface area contributed by atoms with Crippen molar-refractivity contribution in [2.24, 2.45) is 0 Å². The van der Waals surface area contributed by atoms with Crippen molar-refractivity contribution >= 4 is 33.3 Å². The van der Waals surface area contributed by atoms with Gasteiger partial charge in [0.15, 0.2) is 0 Å². The van der Waals surface area contributed by atoms with E-state index in [1.165, 1.54) is 6.07 Å². The molecule has 1 unspecified atom stereocenters. The summed E-state index contributed by atoms with van der Waals surface area (Å²) in [4.78, 5) is 15.5. The monoisotopic (exact) mass is 328 g/mol. The van der Waals surface area contributed by atoms with Crippen molar-refractivity contribution in [3.63, 3.8) is 0 Å². The Hall–Kier alpha value is -1.50. The van der Waals surface area contributed by atoms with Gasteiger partial charge in [0.05, 0.1) is 21.9 Å². The summed E-state index contributed by atoms with van der Waals surface area (Å²) >= 11 is 3.18. The van der Waals surface area contributed by atoms with E-state index < -0.39 is 0 Å². The van der Waals surface area contributed by atoms with Crippen molar-refractivity contribution in [2.75, 3.05) is 36.8 Å². The van der Waals surface area contributed by atoms with Gasteiger partial charge in [0.2, 0.25) is 0 Å². The molecule has 0 spiro atoms. The van der Waals surface area contributed by atoms with Crippen molar-refractivity contribution in [2.45, 2.75) is 6.04 Å². The van der Waals surface area contributed by atoms with Gasteiger partial charge < -0.3 is 20.9 Å². The van der Waals surface area contributed by atoms with Crippen LogP contribution in [0, 0.1) is 5.82 Å². The maximum Gasteiger partial charge on any atom is 0.317 e. The van der Waals surface area contributed by atoms with Crippen LogP contribution in [0.4, 0.5) is 20.6 Å². The molecule has 3 rings (SSSR count). The molecular formula is C12H14BrFN4O. The molecule has 2 aliphatic heterocycles. The highest BCUT2D eigenvalue weighted by Crippen LogP contribution is 2.31. The van der Waals surface area contributed by atoms with Crippen molar-refractivity contribution in [3.05, 3.63) is 22.4 Å². The number of nitrogens with zero attached hydrogens (tertiary/aromatic N) is 2. The van der Waals surface area contributed by atoms with Gasteiger partial charge in [-0.15, -0.1) is 0 Å². The lowest BCUT2D eigenvalue weighted by Gasteiger charge is -2.38. The first kappa shape index (κ1) is 12.5. The number of nitrogens with one attached hydrogen (secondary N) is 1. The summed E-state index contributed by atoms with van der Waals surface area (Å²) in [6, 6.07) is 3.18. The molecule has 2 fully saturated rings. The molecule has 5 nitrogen and oxygen atoms in total. The van der Waals surface area contributed by atoms with Gasteiger partial charge >= 0.3 is 6.03 Å². The van der Waals surface area contributed by atoms with E-state index in [2.05, 4.69) is 26.1 Å². The third kappa shape index (κ3) is 2.11. The minimum Gasteiger partial charge on any atom is -0.397 e. The SMILES string of the molecule is Nc1cc(F)c(Br)cc1N1CCN2C(=O)NCC2C1. The third-order valence-electron chi connectivity index (χ3n) is 3.64. The normalized spacial score (nSPS) is 22.4. The smallest absolute Gasteiger partial charge is 0.317 e. The van der Waals surface area contributed by atoms with Crippen LogP contribution in [-0.4, -0.2) is 43.2 Å². The molecular weight excluding hydrogens is 315 g/mol. The molecule has 0 aromatic heterocycles. The maximum atomic E-state index is 13.4. The Bertz CT molecular complexity index is 539. The molecule has 19 heavy (non-hydrogen) atoms. The van der Waals surface area contributed by atoms with Crippen LogP contribution in [-0.2, 0) is 0 Å². The van der Waals surface area contributed by atoms with Crippen LogP contribution >= 0.6 is 15.9 Å². The summed E-state index contributed by atoms with van der Waals surface area (Å²) < 4.78 is 13.8. The molecule has 1 aromatic rings. The largest absolute Gasteiger partial charge is 0.397 e. The summed E-state index contributed by atoms with van der Waals surface area (Å²) in [7, 11) is 0. The number of piperazine rings is 1. The van der Waals surface area contributed by atoms with E-state index in [0.29, 0.717) is 36.3 Å². The van der Waals surface area contributed by atoms with E-state index in [9.17, 15) is 9.18 Å². The summed E-state index contributed by atoms with van der Waals surface area (Å²) in [5.74, 6) is -0.363. The highest BCUT2D eigenvalue weighted by Gasteiger charge is 2.35. The van der Waals surface area contributed by atoms with E-state index in [0.717, 1.165) is 5.69 Å². The lowest BCUT2D eigenvalue weighted by molar-refractivity contribution is 0.198. The minimum atomic E-state index is -0.363. The third-order valence-corrected chi connectivity index (χ3v) is 4.25. The van der Waals surface area contributed by atoms with Gasteiger partial charge in [0.1, 0.15) is 5.82 Å². The van der Waals surface area contributed by atoms with Crippen molar-refractivity contribution in [1.29, 1.82) is 0 Å². The zero-order valence-corrected chi connectivity index (χ0v) is 11.8. The Labute approximate surface area is 118 Å². The van der Waals surface area contributed by atoms with E-state index in [1.54, 1.807) is 6.07 Å². The summed E-state index contributed by atoms with van der Waals surface area (Å²) in [5, 5.41) is 2.83. The second-order valence-corrected chi connectivity index (χ2v) is 5.66. The van der Waals surface area contributed by atoms with Gasteiger partial charge in [-0.3, -0.25) is 0 Å². The fourth-order valence-corrected chi connectivity index (χ4v) is 2.98. The van der Waals surface area contributed by atoms with Gasteiger partial charge in [-0.25, -0.2) is 9.18 Å². The maximum absolute atomic E-state index is 13.4. The fraction of sp³-hybridized carbons (Fsp3) is 0.417. The molecule has 7 heteroatoms. The number of amides is 2. The van der Waals surface area contributed by atoms with Gasteiger partial charge in [0.25, 0.3) is 0 Å². The molecule has 0 radical (unpaired) electrons. The number of urea groups is 1. The second kappa shape index (κ2) is 4.56. The van der Waals surface area contributed by atoms with Crippen LogP contribution in [0.1, 0.15) is 0 Å². The van der Waals surface area contributed by atoms with Gasteiger partial charge in [-0.05, 0) is 22.0 Å². The van der Waals surface area contributed by atoms with E-state index in [4.69, 9.17) is 5.73 Å². The minimum absolute atomic E-state index is 0.00194. The van der Waals surface area contributed by atoms with Gasteiger partial charge in [0, 0.05) is 32.2 Å². The van der Waals surface area contributed by atoms with Crippen LogP contribution in [0.3, 0.4) is 0 Å². The molecule has 0 saturated carbocycles. The van der Waals surface area contributed by atoms with Crippen LogP contribution in [0.25, 0.3) is 0 Å². The predicted molar refractivity (Wildman–Crippen MR) is 74.6 cm³/mol. The number of hydrogen-bond acceptors (Lipinski definition) is 3. The number of halogens is 2. The second-order valence-electron chi connectivity index (χ2n) is 4.80. The highest BCUT2D eigenvalue weighted by atomic mass is 79.9. The molecule has 2 amide bonds. The Morgan fingerprint density at radius 3 is 3.00 bits per heavy atom. The molecule has 102 valence electrons. The molecule has 1 atom stereocenters. The topological polar surface area (TPSA) is 61.6 Å². The predicted octanol–water partition coefficient (Wildman–Crippen LogP) is 1.38. The molecule has 0 bridgehead atoms. The van der Waals surface area contributed by atoms with E-state index >= 15 is 0 Å². The van der Waals surface area contributed by atoms with E-state index in [-0.39, 0.29) is 17.9 Å². The quantitative estimate of drug-likeness (QED) is 0.766. The van der Waals surface area contributed by atoms with E-state index in [1.807, 2.05) is 4.90 Å². The Morgan fingerprint density at radius 1 is 1.42 bits per heavy atom. The lowest BCUT2D eigenvalue weighted by Crippen LogP contribution is -2.52. The van der Waals surface area contributed by atoms with Crippen LogP contribution in [0.15, 0.2) is 16.6 Å². The average Bonchev–Trinajstić information content (AvgIpc) is 2.75. The van der Waals surface area contributed by atoms with Crippen molar-refractivity contribution in [3.8, 4) is 0 Å². The number of benzene rings is 1. The Kier molecular flexibility index (Phi) is 3.00. The molecule has 0 aliphatic carbocycles. The first-order valence-corrected chi connectivity index (χ1v) is 6.89. The molecule has 2 heterocycles. The zero-order valence-electron chi connectivity index (χ0n) is 10.2. The molecule has 3 N–H and O–H groups in total. The van der Waals surface area contributed by atoms with Crippen LogP contribution < -0.4 is 16.0 Å². The Morgan fingerprint density at radius 2 is 2.21 bits per heavy atom. The average molecular weight is 329 g/mol. The number of rotatable bonds is 1. The number of hydrogen-bond donors (Lipinski definition) is 2. The zero-order chi connectivity index (χ0) is 13.6. The number of fused-ring (bicyclic) bond motifs is 1. The van der Waals surface area contributed by atoms with Gasteiger partial charge in [-0.1, -0.05) is 0 Å². The first-order valence-electron chi connectivity index (χ1n) is 6.10. The van der Waals surface area contributed by atoms with Gasteiger partial charge in [-0.2, -0.15) is 0 Å². The number of nitrogen functional groups attached to an aromatic ring is 1. The highest BCUT2D eigenvalue weighted by molar-refractivity contribution is 9.10. The fourth-order valence-electron chi connectivity index (χ4n) is 2.65. The standard InChI is InChI=1S/C12H14BrFN4O/c13-8-3-11(10(15)4-9(8)14)17-1-2-18-7(6-17)5-16-12(18)19/h3-4,7H,1-2,5-6,15H2,(H,16,19). The molecule has 1 aromatic carbocycles. The van der Waals surface area contributed by atoms with Crippen molar-refractivity contribution < 1.29 is 9.18 Å².